The van der Waals surface area contributed by atoms with E-state index in [9.17, 15) is 0 Å². The average Bonchev–Trinajstić information content (AvgIpc) is 3.28. The largest absolute Gasteiger partial charge is 0.310 e. The number of aromatic nitrogens is 2. The van der Waals surface area contributed by atoms with Crippen LogP contribution in [0.4, 0.5) is 0 Å². The molecule has 4 heteroatoms. The molecule has 0 N–H and O–H groups in total. The fraction of sp³-hybridized carbons (Fsp3) is 0.154. The molecule has 2 aromatic heterocycles. The van der Waals surface area contributed by atoms with Gasteiger partial charge in [0.2, 0.25) is 0 Å². The van der Waals surface area contributed by atoms with Crippen LogP contribution in [0.5, 0.6) is 0 Å². The highest BCUT2D eigenvalue weighted by molar-refractivity contribution is 7.85. The lowest BCUT2D eigenvalue weighted by Crippen LogP contribution is -2.28. The maximum absolute atomic E-state index is 16.3. The number of benzene rings is 5. The van der Waals surface area contributed by atoms with Crippen molar-refractivity contribution in [3.05, 3.63) is 137 Å². The molecular weight excluding hydrogens is 543 g/mol. The molecule has 0 aliphatic carbocycles. The van der Waals surface area contributed by atoms with E-state index in [0.717, 1.165) is 88.0 Å². The Morgan fingerprint density at radius 3 is 1.86 bits per heavy atom. The molecule has 0 aliphatic rings. The smallest absolute Gasteiger partial charge is 0.171 e. The molecular formula is C39H35N2OP. The van der Waals surface area contributed by atoms with Gasteiger partial charge in [-0.05, 0) is 106 Å². The lowest BCUT2D eigenvalue weighted by Gasteiger charge is -2.26. The van der Waals surface area contributed by atoms with Crippen LogP contribution in [0.15, 0.2) is 103 Å². The van der Waals surface area contributed by atoms with Crippen LogP contribution in [-0.4, -0.2) is 9.38 Å². The Kier molecular flexibility index (Phi) is 6.41. The molecule has 43 heavy (non-hydrogen) atoms. The van der Waals surface area contributed by atoms with Gasteiger partial charge < -0.3 is 8.97 Å². The summed E-state index contributed by atoms with van der Waals surface area (Å²) in [5.74, 6) is 0. The summed E-state index contributed by atoms with van der Waals surface area (Å²) in [5.41, 5.74) is 11.6. The number of aryl methyl sites for hydroxylation is 6. The van der Waals surface area contributed by atoms with E-state index in [1.165, 1.54) is 0 Å². The Morgan fingerprint density at radius 1 is 0.628 bits per heavy atom. The van der Waals surface area contributed by atoms with Gasteiger partial charge in [0.15, 0.2) is 7.14 Å². The van der Waals surface area contributed by atoms with E-state index in [4.69, 9.17) is 4.98 Å². The van der Waals surface area contributed by atoms with Gasteiger partial charge in [0.1, 0.15) is 0 Å². The highest BCUT2D eigenvalue weighted by Crippen LogP contribution is 2.48. The second-order valence-electron chi connectivity index (χ2n) is 12.1. The van der Waals surface area contributed by atoms with Crippen LogP contribution >= 0.6 is 7.14 Å². The first-order chi connectivity index (χ1) is 20.6. The second kappa shape index (κ2) is 10.1. The summed E-state index contributed by atoms with van der Waals surface area (Å²) in [7, 11) is -3.39. The Bertz CT molecular complexity index is 2200. The molecule has 0 saturated heterocycles. The molecule has 7 aromatic rings. The SMILES string of the molecule is Cc1cc(C)cc(P(=O)(c2cc(C)cc(C)c2)c2ccc3ccccc3c2-c2nc3ccccc3n3c(C)cc(C)c23)c1. The van der Waals surface area contributed by atoms with Gasteiger partial charge in [-0.25, -0.2) is 4.98 Å². The maximum atomic E-state index is 16.3. The minimum absolute atomic E-state index is 0.823. The van der Waals surface area contributed by atoms with Gasteiger partial charge in [0.25, 0.3) is 0 Å². The van der Waals surface area contributed by atoms with Crippen molar-refractivity contribution < 1.29 is 4.57 Å². The number of para-hydroxylation sites is 2. The standard InChI is InChI=1S/C39H35N2OP/c1-24-17-25(2)20-31(19-24)43(42,32-21-26(3)18-27(4)22-32)36-16-15-30-11-7-8-12-33(30)37(36)38-39-28(5)23-29(6)41(39)35-14-10-9-13-34(35)40-38/h7-23H,1-6H3. The number of nitrogens with zero attached hydrogens (tertiary/aromatic N) is 2. The van der Waals surface area contributed by atoms with Gasteiger partial charge in [0, 0.05) is 27.2 Å². The Hall–Kier alpha value is -4.46. The Morgan fingerprint density at radius 2 is 1.21 bits per heavy atom. The van der Waals surface area contributed by atoms with Gasteiger partial charge in [-0.1, -0.05) is 76.9 Å². The van der Waals surface area contributed by atoms with Gasteiger partial charge in [-0.3, -0.25) is 0 Å². The number of hydrogen-bond acceptors (Lipinski definition) is 2. The molecule has 0 radical (unpaired) electrons. The topological polar surface area (TPSA) is 34.4 Å². The molecule has 0 atom stereocenters. The van der Waals surface area contributed by atoms with Gasteiger partial charge in [-0.15, -0.1) is 0 Å². The van der Waals surface area contributed by atoms with Gasteiger partial charge in [-0.2, -0.15) is 0 Å². The van der Waals surface area contributed by atoms with Gasteiger partial charge in [0.05, 0.1) is 22.2 Å². The molecule has 212 valence electrons. The van der Waals surface area contributed by atoms with Crippen molar-refractivity contribution in [3.63, 3.8) is 0 Å². The quantitative estimate of drug-likeness (QED) is 0.196. The van der Waals surface area contributed by atoms with Crippen LogP contribution < -0.4 is 15.9 Å². The maximum Gasteiger partial charge on any atom is 0.171 e. The third-order valence-electron chi connectivity index (χ3n) is 8.58. The van der Waals surface area contributed by atoms with E-state index >= 15 is 4.57 Å². The van der Waals surface area contributed by atoms with Crippen molar-refractivity contribution in [2.75, 3.05) is 0 Å². The zero-order valence-corrected chi connectivity index (χ0v) is 26.5. The van der Waals surface area contributed by atoms with Crippen molar-refractivity contribution in [3.8, 4) is 11.3 Å². The van der Waals surface area contributed by atoms with Crippen molar-refractivity contribution in [1.82, 2.24) is 9.38 Å². The first kappa shape index (κ1) is 27.4. The van der Waals surface area contributed by atoms with Gasteiger partial charge >= 0.3 is 0 Å². The number of hydrogen-bond donors (Lipinski definition) is 0. The summed E-state index contributed by atoms with van der Waals surface area (Å²) < 4.78 is 18.6. The normalized spacial score (nSPS) is 12.0. The van der Waals surface area contributed by atoms with E-state index in [2.05, 4.69) is 143 Å². The summed E-state index contributed by atoms with van der Waals surface area (Å²) in [6.07, 6.45) is 0. The summed E-state index contributed by atoms with van der Waals surface area (Å²) in [5, 5.41) is 4.68. The predicted molar refractivity (Wildman–Crippen MR) is 183 cm³/mol. The minimum Gasteiger partial charge on any atom is -0.310 e. The summed E-state index contributed by atoms with van der Waals surface area (Å²) >= 11 is 0. The fourth-order valence-electron chi connectivity index (χ4n) is 6.96. The van der Waals surface area contributed by atoms with Crippen molar-refractivity contribution in [2.24, 2.45) is 0 Å². The summed E-state index contributed by atoms with van der Waals surface area (Å²) in [4.78, 5) is 5.39. The molecule has 0 bridgehead atoms. The molecule has 0 spiro atoms. The van der Waals surface area contributed by atoms with E-state index in [1.54, 1.807) is 0 Å². The monoisotopic (exact) mass is 578 g/mol. The lowest BCUT2D eigenvalue weighted by atomic mass is 10.00. The zero-order valence-electron chi connectivity index (χ0n) is 25.6. The summed E-state index contributed by atoms with van der Waals surface area (Å²) in [6.45, 7) is 12.7. The Balaban J connectivity index is 1.71. The molecule has 0 aliphatic heterocycles. The number of rotatable bonds is 4. The van der Waals surface area contributed by atoms with Crippen molar-refractivity contribution in [2.45, 2.75) is 41.5 Å². The van der Waals surface area contributed by atoms with Crippen molar-refractivity contribution >= 4 is 50.4 Å². The molecule has 2 heterocycles. The van der Waals surface area contributed by atoms with Crippen LogP contribution in [0.2, 0.25) is 0 Å². The second-order valence-corrected chi connectivity index (χ2v) is 14.8. The number of fused-ring (bicyclic) bond motifs is 4. The predicted octanol–water partition coefficient (Wildman–Crippen LogP) is 8.80. The lowest BCUT2D eigenvalue weighted by molar-refractivity contribution is 0.592. The zero-order chi connectivity index (χ0) is 30.0. The van der Waals surface area contributed by atoms with E-state index in [0.29, 0.717) is 0 Å². The molecule has 3 nitrogen and oxygen atoms in total. The first-order valence-corrected chi connectivity index (χ1v) is 16.5. The van der Waals surface area contributed by atoms with Crippen molar-refractivity contribution in [1.29, 1.82) is 0 Å². The highest BCUT2D eigenvalue weighted by atomic mass is 31.2. The third kappa shape index (κ3) is 4.34. The minimum atomic E-state index is -3.39. The van der Waals surface area contributed by atoms with Crippen LogP contribution in [0, 0.1) is 41.5 Å². The van der Waals surface area contributed by atoms with Crippen LogP contribution in [-0.2, 0) is 4.57 Å². The summed E-state index contributed by atoms with van der Waals surface area (Å²) in [6, 6.07) is 35.9. The molecule has 0 amide bonds. The highest BCUT2D eigenvalue weighted by Gasteiger charge is 2.35. The molecule has 5 aromatic carbocycles. The fourth-order valence-corrected chi connectivity index (χ4v) is 10.2. The van der Waals surface area contributed by atoms with E-state index in [1.807, 2.05) is 6.07 Å². The first-order valence-electron chi connectivity index (χ1n) is 14.8. The van der Waals surface area contributed by atoms with Crippen LogP contribution in [0.25, 0.3) is 38.6 Å². The Labute approximate surface area is 253 Å². The third-order valence-corrected chi connectivity index (χ3v) is 11.6. The molecule has 0 saturated carbocycles. The van der Waals surface area contributed by atoms with E-state index < -0.39 is 7.14 Å². The van der Waals surface area contributed by atoms with Crippen LogP contribution in [0.1, 0.15) is 33.5 Å². The average molecular weight is 579 g/mol. The molecule has 7 rings (SSSR count). The van der Waals surface area contributed by atoms with Crippen LogP contribution in [0.3, 0.4) is 0 Å². The molecule has 0 unspecified atom stereocenters. The van der Waals surface area contributed by atoms with E-state index in [-0.39, 0.29) is 0 Å². The molecule has 0 fully saturated rings.